The number of carbonyl (C=O) groups excluding carboxylic acids is 2. The van der Waals surface area contributed by atoms with Gasteiger partial charge in [0.15, 0.2) is 0 Å². The highest BCUT2D eigenvalue weighted by atomic mass is 19.1. The number of esters is 1. The van der Waals surface area contributed by atoms with Crippen LogP contribution in [0.15, 0.2) is 72.8 Å². The molecule has 0 spiro atoms. The van der Waals surface area contributed by atoms with Gasteiger partial charge in [-0.05, 0) is 112 Å². The Morgan fingerprint density at radius 3 is 2.36 bits per heavy atom. The molecule has 3 aliphatic heterocycles. The van der Waals surface area contributed by atoms with Crippen LogP contribution >= 0.6 is 0 Å². The molecule has 1 aromatic heterocycles. The lowest BCUT2D eigenvalue weighted by Gasteiger charge is -2.45. The van der Waals surface area contributed by atoms with Crippen molar-refractivity contribution in [3.63, 3.8) is 0 Å². The van der Waals surface area contributed by atoms with Crippen molar-refractivity contribution < 1.29 is 18.7 Å². The summed E-state index contributed by atoms with van der Waals surface area (Å²) in [5, 5.41) is 0. The van der Waals surface area contributed by atoms with Crippen LogP contribution in [0.1, 0.15) is 83.1 Å². The number of benzene rings is 3. The molecule has 2 atom stereocenters. The third kappa shape index (κ3) is 5.54. The quantitative estimate of drug-likeness (QED) is 0.219. The number of ether oxygens (including phenoxy) is 1. The first-order valence-electron chi connectivity index (χ1n) is 16.3. The Morgan fingerprint density at radius 1 is 0.911 bits per heavy atom. The Labute approximate surface area is 264 Å². The molecule has 2 unspecified atom stereocenters. The number of imidazole rings is 1. The molecule has 4 aromatic rings. The van der Waals surface area contributed by atoms with E-state index in [1.807, 2.05) is 11.0 Å². The number of hydrogen-bond acceptors (Lipinski definition) is 5. The number of piperidine rings is 2. The van der Waals surface area contributed by atoms with Gasteiger partial charge in [0.1, 0.15) is 11.6 Å². The lowest BCUT2D eigenvalue weighted by molar-refractivity contribution is 0.0600. The molecule has 0 aliphatic carbocycles. The minimum Gasteiger partial charge on any atom is -0.465 e. The summed E-state index contributed by atoms with van der Waals surface area (Å²) in [6.45, 7) is 4.26. The predicted molar refractivity (Wildman–Crippen MR) is 172 cm³/mol. The molecule has 0 radical (unpaired) electrons. The Balaban J connectivity index is 1.07. The normalized spacial score (nSPS) is 22.9. The molecule has 3 fully saturated rings. The predicted octanol–water partition coefficient (Wildman–Crippen LogP) is 6.70. The van der Waals surface area contributed by atoms with E-state index in [9.17, 15) is 14.0 Å². The number of nitrogens with zero attached hydrogens (tertiary/aromatic N) is 4. The molecule has 0 saturated carbocycles. The minimum atomic E-state index is -0.458. The van der Waals surface area contributed by atoms with Gasteiger partial charge < -0.3 is 14.2 Å². The highest BCUT2D eigenvalue weighted by Crippen LogP contribution is 2.45. The van der Waals surface area contributed by atoms with Crippen LogP contribution in [0.2, 0.25) is 0 Å². The van der Waals surface area contributed by atoms with E-state index in [-0.39, 0.29) is 17.1 Å². The maximum Gasteiger partial charge on any atom is 0.337 e. The topological polar surface area (TPSA) is 67.7 Å². The zero-order chi connectivity index (χ0) is 31.1. The van der Waals surface area contributed by atoms with Crippen molar-refractivity contribution in [1.29, 1.82) is 0 Å². The molecular formula is C37H41FN4O3. The summed E-state index contributed by atoms with van der Waals surface area (Å²) in [5.41, 5.74) is 3.98. The third-order valence-electron chi connectivity index (χ3n) is 10.8. The Bertz CT molecular complexity index is 1710. The van der Waals surface area contributed by atoms with Crippen LogP contribution in [-0.2, 0) is 10.2 Å². The molecule has 4 heterocycles. The number of hydrogen-bond donors (Lipinski definition) is 0. The highest BCUT2D eigenvalue weighted by Gasteiger charge is 2.44. The molecule has 3 saturated heterocycles. The summed E-state index contributed by atoms with van der Waals surface area (Å²) >= 11 is 0. The number of rotatable bonds is 7. The standard InChI is InChI=1S/C37H41FN4O3/c1-25-39-33-11-3-4-12-34(33)42(25)32-23-30-13-14-31(24-32)41(30)20-17-37(28-9-6-10-29(38)22-28)15-18-40(19-16-37)35(43)26-7-5-8-27(21-26)36(44)45-2/h3-12,21-22,30-32H,13-20,23-24H2,1-2H3. The first kappa shape index (κ1) is 29.7. The van der Waals surface area contributed by atoms with Crippen molar-refractivity contribution in [3.8, 4) is 0 Å². The van der Waals surface area contributed by atoms with Gasteiger partial charge >= 0.3 is 5.97 Å². The van der Waals surface area contributed by atoms with E-state index in [0.717, 1.165) is 55.6 Å². The molecule has 7 rings (SSSR count). The zero-order valence-electron chi connectivity index (χ0n) is 26.1. The Morgan fingerprint density at radius 2 is 1.62 bits per heavy atom. The zero-order valence-corrected chi connectivity index (χ0v) is 26.1. The number of para-hydroxylation sites is 2. The Hall–Kier alpha value is -4.04. The van der Waals surface area contributed by atoms with E-state index in [1.54, 1.807) is 30.3 Å². The van der Waals surface area contributed by atoms with Gasteiger partial charge in [-0.15, -0.1) is 0 Å². The smallest absolute Gasteiger partial charge is 0.337 e. The molecular weight excluding hydrogens is 567 g/mol. The van der Waals surface area contributed by atoms with Gasteiger partial charge in [-0.25, -0.2) is 14.2 Å². The SMILES string of the molecule is COC(=O)c1cccc(C(=O)N2CCC(CCN3C4CCC3CC(n3c(C)nc5ccccc53)C4)(c3cccc(F)c3)CC2)c1. The molecule has 3 aromatic carbocycles. The van der Waals surface area contributed by atoms with Crippen molar-refractivity contribution >= 4 is 22.9 Å². The van der Waals surface area contributed by atoms with Crippen molar-refractivity contribution in [2.75, 3.05) is 26.7 Å². The maximum absolute atomic E-state index is 14.6. The van der Waals surface area contributed by atoms with E-state index in [4.69, 9.17) is 9.72 Å². The van der Waals surface area contributed by atoms with Gasteiger partial charge in [-0.2, -0.15) is 0 Å². The molecule has 7 nitrogen and oxygen atoms in total. The monoisotopic (exact) mass is 608 g/mol. The fourth-order valence-corrected chi connectivity index (χ4v) is 8.51. The van der Waals surface area contributed by atoms with Crippen LogP contribution in [0, 0.1) is 12.7 Å². The molecule has 2 bridgehead atoms. The van der Waals surface area contributed by atoms with Crippen molar-refractivity contribution in [2.45, 2.75) is 75.4 Å². The number of aryl methyl sites for hydroxylation is 1. The summed E-state index contributed by atoms with van der Waals surface area (Å²) in [6, 6.07) is 23.8. The first-order chi connectivity index (χ1) is 21.8. The van der Waals surface area contributed by atoms with Crippen molar-refractivity contribution in [2.24, 2.45) is 0 Å². The Kier molecular flexibility index (Phi) is 7.94. The number of amides is 1. The van der Waals surface area contributed by atoms with Gasteiger partial charge in [0.2, 0.25) is 0 Å². The third-order valence-corrected chi connectivity index (χ3v) is 10.8. The van der Waals surface area contributed by atoms with Crippen LogP contribution in [0.5, 0.6) is 0 Å². The van der Waals surface area contributed by atoms with Crippen LogP contribution < -0.4 is 0 Å². The van der Waals surface area contributed by atoms with Crippen LogP contribution in [0.3, 0.4) is 0 Å². The average molecular weight is 609 g/mol. The van der Waals surface area contributed by atoms with E-state index in [1.165, 1.54) is 31.5 Å². The second kappa shape index (κ2) is 12.0. The molecule has 1 amide bonds. The highest BCUT2D eigenvalue weighted by molar-refractivity contribution is 5.98. The van der Waals surface area contributed by atoms with Gasteiger partial charge in [-0.3, -0.25) is 9.69 Å². The fourth-order valence-electron chi connectivity index (χ4n) is 8.51. The van der Waals surface area contributed by atoms with Crippen molar-refractivity contribution in [1.82, 2.24) is 19.4 Å². The summed E-state index contributed by atoms with van der Waals surface area (Å²) in [7, 11) is 1.34. The summed E-state index contributed by atoms with van der Waals surface area (Å²) in [4.78, 5) is 35.0. The van der Waals surface area contributed by atoms with E-state index in [2.05, 4.69) is 46.7 Å². The van der Waals surface area contributed by atoms with Gasteiger partial charge in [0, 0.05) is 36.8 Å². The number of methoxy groups -OCH3 is 1. The van der Waals surface area contributed by atoms with Gasteiger partial charge in [-0.1, -0.05) is 30.3 Å². The van der Waals surface area contributed by atoms with E-state index in [0.29, 0.717) is 42.3 Å². The van der Waals surface area contributed by atoms with Gasteiger partial charge in [0.25, 0.3) is 5.91 Å². The van der Waals surface area contributed by atoms with E-state index < -0.39 is 5.97 Å². The molecule has 3 aliphatic rings. The van der Waals surface area contributed by atoms with Crippen LogP contribution in [0.25, 0.3) is 11.0 Å². The molecule has 8 heteroatoms. The second-order valence-corrected chi connectivity index (χ2v) is 13.2. The maximum atomic E-state index is 14.6. The largest absolute Gasteiger partial charge is 0.465 e. The summed E-state index contributed by atoms with van der Waals surface area (Å²) < 4.78 is 21.9. The minimum absolute atomic E-state index is 0.0870. The number of carbonyl (C=O) groups is 2. The lowest BCUT2D eigenvalue weighted by Crippen LogP contribution is -2.49. The summed E-state index contributed by atoms with van der Waals surface area (Å²) in [5.74, 6) is 0.335. The van der Waals surface area contributed by atoms with Crippen LogP contribution in [-0.4, -0.2) is 70.1 Å². The molecule has 45 heavy (non-hydrogen) atoms. The number of halogens is 1. The number of likely N-dealkylation sites (tertiary alicyclic amines) is 1. The fraction of sp³-hybridized carbons (Fsp3) is 0.432. The first-order valence-corrected chi connectivity index (χ1v) is 16.3. The van der Waals surface area contributed by atoms with Gasteiger partial charge in [0.05, 0.1) is 23.7 Å². The molecule has 234 valence electrons. The van der Waals surface area contributed by atoms with Crippen molar-refractivity contribution in [3.05, 3.63) is 101 Å². The average Bonchev–Trinajstić information content (AvgIpc) is 3.53. The van der Waals surface area contributed by atoms with Crippen LogP contribution in [0.4, 0.5) is 4.39 Å². The number of fused-ring (bicyclic) bond motifs is 3. The van der Waals surface area contributed by atoms with E-state index >= 15 is 0 Å². The lowest BCUT2D eigenvalue weighted by atomic mass is 9.70. The number of aromatic nitrogens is 2. The second-order valence-electron chi connectivity index (χ2n) is 13.2. The summed E-state index contributed by atoms with van der Waals surface area (Å²) in [6.07, 6.45) is 7.14. The molecule has 0 N–H and O–H groups in total.